The summed E-state index contributed by atoms with van der Waals surface area (Å²) in [4.78, 5) is 2.12. The minimum Gasteiger partial charge on any atom is -0.384 e. The summed E-state index contributed by atoms with van der Waals surface area (Å²) in [5.41, 5.74) is 0. The van der Waals surface area contributed by atoms with Gasteiger partial charge in [0.15, 0.2) is 0 Å². The second kappa shape index (κ2) is 18.6. The van der Waals surface area contributed by atoms with Gasteiger partial charge in [-0.05, 0) is 19.0 Å². The smallest absolute Gasteiger partial charge is 0.00555 e. The maximum absolute atomic E-state index is 2.29. The molecule has 0 aromatic rings. The Morgan fingerprint density at radius 3 is 1.27 bits per heavy atom. The highest BCUT2D eigenvalue weighted by Crippen LogP contribution is 2.13. The Hall–Kier alpha value is -0.460. The second-order valence-corrected chi connectivity index (χ2v) is 7.09. The Morgan fingerprint density at radius 1 is 0.545 bits per heavy atom. The Labute approximate surface area is 141 Å². The van der Waals surface area contributed by atoms with Crippen molar-refractivity contribution in [2.24, 2.45) is 0 Å². The predicted octanol–water partition coefficient (Wildman–Crippen LogP) is 7.32. The van der Waals surface area contributed by atoms with Crippen molar-refractivity contribution in [3.8, 4) is 0 Å². The first-order chi connectivity index (χ1) is 10.8. The van der Waals surface area contributed by atoms with Crippen molar-refractivity contribution in [2.45, 2.75) is 110 Å². The first-order valence-electron chi connectivity index (χ1n) is 10.1. The minimum atomic E-state index is 1.25. The van der Waals surface area contributed by atoms with E-state index in [0.717, 1.165) is 0 Å². The van der Waals surface area contributed by atoms with Crippen molar-refractivity contribution in [3.05, 3.63) is 12.3 Å². The first kappa shape index (κ1) is 21.5. The van der Waals surface area contributed by atoms with E-state index in [1.54, 1.807) is 0 Å². The van der Waals surface area contributed by atoms with E-state index in [9.17, 15) is 0 Å². The highest BCUT2D eigenvalue weighted by molar-refractivity contribution is 4.78. The van der Waals surface area contributed by atoms with Crippen molar-refractivity contribution in [1.29, 1.82) is 0 Å². The van der Waals surface area contributed by atoms with Crippen molar-refractivity contribution >= 4 is 0 Å². The first-order valence-corrected chi connectivity index (χ1v) is 10.1. The molecule has 0 rings (SSSR count). The molecule has 0 aliphatic rings. The lowest BCUT2D eigenvalue weighted by Crippen LogP contribution is -1.99. The Balaban J connectivity index is 3.00. The Bertz CT molecular complexity index is 220. The Kier molecular flexibility index (Phi) is 18.2. The van der Waals surface area contributed by atoms with Crippen LogP contribution in [0.15, 0.2) is 12.3 Å². The highest BCUT2D eigenvalue weighted by atomic mass is 15.0. The molecular weight excluding hydrogens is 266 g/mol. The van der Waals surface area contributed by atoms with Gasteiger partial charge in [0.05, 0.1) is 0 Å². The number of allylic oxidation sites excluding steroid dienone is 1. The van der Waals surface area contributed by atoms with Gasteiger partial charge >= 0.3 is 0 Å². The van der Waals surface area contributed by atoms with Crippen LogP contribution < -0.4 is 0 Å². The molecule has 0 saturated carbocycles. The van der Waals surface area contributed by atoms with Crippen LogP contribution >= 0.6 is 0 Å². The van der Waals surface area contributed by atoms with Crippen molar-refractivity contribution in [1.82, 2.24) is 4.90 Å². The summed E-state index contributed by atoms with van der Waals surface area (Å²) >= 11 is 0. The third kappa shape index (κ3) is 19.5. The van der Waals surface area contributed by atoms with E-state index < -0.39 is 0 Å². The molecule has 0 N–H and O–H groups in total. The normalized spacial score (nSPS) is 11.4. The molecule has 0 aromatic heterocycles. The molecule has 132 valence electrons. The molecular formula is C21H43N. The van der Waals surface area contributed by atoms with Crippen LogP contribution in [0, 0.1) is 0 Å². The fourth-order valence-electron chi connectivity index (χ4n) is 2.92. The third-order valence-electron chi connectivity index (χ3n) is 4.38. The zero-order valence-electron chi connectivity index (χ0n) is 15.9. The van der Waals surface area contributed by atoms with Gasteiger partial charge in [0.25, 0.3) is 0 Å². The monoisotopic (exact) mass is 309 g/mol. The third-order valence-corrected chi connectivity index (χ3v) is 4.38. The molecule has 0 radical (unpaired) electrons. The van der Waals surface area contributed by atoms with Crippen LogP contribution in [-0.2, 0) is 0 Å². The van der Waals surface area contributed by atoms with Crippen LogP contribution in [0.25, 0.3) is 0 Å². The molecule has 0 spiro atoms. The molecule has 0 saturated heterocycles. The van der Waals surface area contributed by atoms with E-state index >= 15 is 0 Å². The highest BCUT2D eigenvalue weighted by Gasteiger charge is 1.94. The number of nitrogens with zero attached hydrogens (tertiary/aromatic N) is 1. The number of hydrogen-bond donors (Lipinski definition) is 0. The number of rotatable bonds is 17. The van der Waals surface area contributed by atoms with E-state index in [1.807, 2.05) is 0 Å². The largest absolute Gasteiger partial charge is 0.384 e. The zero-order valence-corrected chi connectivity index (χ0v) is 15.9. The fourth-order valence-corrected chi connectivity index (χ4v) is 2.92. The summed E-state index contributed by atoms with van der Waals surface area (Å²) in [5.74, 6) is 0. The number of unbranched alkanes of at least 4 members (excludes halogenated alkanes) is 15. The van der Waals surface area contributed by atoms with Crippen LogP contribution in [0.5, 0.6) is 0 Å². The lowest BCUT2D eigenvalue weighted by atomic mass is 10.0. The molecule has 0 atom stereocenters. The molecule has 22 heavy (non-hydrogen) atoms. The molecule has 1 nitrogen and oxygen atoms in total. The van der Waals surface area contributed by atoms with Crippen molar-refractivity contribution in [2.75, 3.05) is 14.1 Å². The van der Waals surface area contributed by atoms with Crippen LogP contribution in [0.1, 0.15) is 110 Å². The van der Waals surface area contributed by atoms with Crippen LogP contribution in [0.2, 0.25) is 0 Å². The van der Waals surface area contributed by atoms with Crippen LogP contribution in [-0.4, -0.2) is 19.0 Å². The van der Waals surface area contributed by atoms with Gasteiger partial charge in [-0.2, -0.15) is 0 Å². The van der Waals surface area contributed by atoms with E-state index in [0.29, 0.717) is 0 Å². The standard InChI is InChI=1S/C21H43N/c1-4-5-6-7-8-9-10-11-12-13-14-15-16-17-18-19-20-21-22(2)3/h20-21H,4-19H2,1-3H3. The van der Waals surface area contributed by atoms with Gasteiger partial charge in [-0.25, -0.2) is 0 Å². The summed E-state index contributed by atoms with van der Waals surface area (Å²) < 4.78 is 0. The topological polar surface area (TPSA) is 3.24 Å². The predicted molar refractivity (Wildman–Crippen MR) is 102 cm³/mol. The molecule has 0 unspecified atom stereocenters. The van der Waals surface area contributed by atoms with Gasteiger partial charge in [-0.15, -0.1) is 0 Å². The average Bonchev–Trinajstić information content (AvgIpc) is 2.50. The van der Waals surface area contributed by atoms with Gasteiger partial charge in [0.2, 0.25) is 0 Å². The lowest BCUT2D eigenvalue weighted by Gasteiger charge is -2.04. The SMILES string of the molecule is CCCCCCCCCCCCCCCCCC=CN(C)C. The zero-order chi connectivity index (χ0) is 16.3. The summed E-state index contributed by atoms with van der Waals surface area (Å²) in [6, 6.07) is 0. The fraction of sp³-hybridized carbons (Fsp3) is 0.905. The van der Waals surface area contributed by atoms with Gasteiger partial charge < -0.3 is 4.90 Å². The molecule has 0 bridgehead atoms. The van der Waals surface area contributed by atoms with Gasteiger partial charge in [-0.1, -0.05) is 103 Å². The Morgan fingerprint density at radius 2 is 0.909 bits per heavy atom. The van der Waals surface area contributed by atoms with Crippen LogP contribution in [0.3, 0.4) is 0 Å². The minimum absolute atomic E-state index is 1.25. The second-order valence-electron chi connectivity index (χ2n) is 7.09. The molecule has 0 aromatic carbocycles. The summed E-state index contributed by atoms with van der Waals surface area (Å²) in [7, 11) is 4.17. The average molecular weight is 310 g/mol. The molecule has 0 fully saturated rings. The molecule has 0 aliphatic carbocycles. The van der Waals surface area contributed by atoms with Gasteiger partial charge in [0.1, 0.15) is 0 Å². The van der Waals surface area contributed by atoms with E-state index in [2.05, 4.69) is 38.2 Å². The summed E-state index contributed by atoms with van der Waals surface area (Å²) in [6.07, 6.45) is 27.4. The van der Waals surface area contributed by atoms with Crippen molar-refractivity contribution < 1.29 is 0 Å². The van der Waals surface area contributed by atoms with Crippen LogP contribution in [0.4, 0.5) is 0 Å². The lowest BCUT2D eigenvalue weighted by molar-refractivity contribution is 0.531. The van der Waals surface area contributed by atoms with E-state index in [4.69, 9.17) is 0 Å². The maximum atomic E-state index is 2.29. The summed E-state index contributed by atoms with van der Waals surface area (Å²) in [5, 5.41) is 0. The van der Waals surface area contributed by atoms with E-state index in [-0.39, 0.29) is 0 Å². The summed E-state index contributed by atoms with van der Waals surface area (Å²) in [6.45, 7) is 2.29. The van der Waals surface area contributed by atoms with Gasteiger partial charge in [-0.3, -0.25) is 0 Å². The maximum Gasteiger partial charge on any atom is 0.00555 e. The quantitative estimate of drug-likeness (QED) is 0.254. The van der Waals surface area contributed by atoms with Crippen molar-refractivity contribution in [3.63, 3.8) is 0 Å². The number of hydrogen-bond acceptors (Lipinski definition) is 1. The molecule has 0 aliphatic heterocycles. The molecule has 0 heterocycles. The molecule has 1 heteroatoms. The van der Waals surface area contributed by atoms with E-state index in [1.165, 1.54) is 103 Å². The molecule has 0 amide bonds. The van der Waals surface area contributed by atoms with Gasteiger partial charge in [0, 0.05) is 14.1 Å².